The second-order valence-corrected chi connectivity index (χ2v) is 6.01. The number of hydrogen-bond acceptors (Lipinski definition) is 10. The lowest BCUT2D eigenvalue weighted by Gasteiger charge is -2.13. The third-order valence-corrected chi connectivity index (χ3v) is 4.22. The van der Waals surface area contributed by atoms with Gasteiger partial charge in [0.25, 0.3) is 5.22 Å². The summed E-state index contributed by atoms with van der Waals surface area (Å²) < 4.78 is 21.2. The van der Waals surface area contributed by atoms with E-state index in [4.69, 9.17) is 18.6 Å². The number of aromatic nitrogens is 5. The van der Waals surface area contributed by atoms with Crippen molar-refractivity contribution in [3.05, 3.63) is 18.0 Å². The molecule has 0 atom stereocenters. The highest BCUT2D eigenvalue weighted by molar-refractivity contribution is 7.98. The molecule has 0 fully saturated rings. The minimum atomic E-state index is 0.228. The molecule has 0 unspecified atom stereocenters. The number of thioether (sulfide) groups is 1. The van der Waals surface area contributed by atoms with Crippen LogP contribution in [0, 0.1) is 0 Å². The molecule has 1 aromatic carbocycles. The summed E-state index contributed by atoms with van der Waals surface area (Å²) in [6, 6.07) is 3.59. The van der Waals surface area contributed by atoms with Crippen LogP contribution in [0.15, 0.2) is 26.9 Å². The molecule has 132 valence electrons. The van der Waals surface area contributed by atoms with Crippen LogP contribution in [0.5, 0.6) is 17.2 Å². The average molecular weight is 381 g/mol. The smallest absolute Gasteiger partial charge is 0.273 e. The molecule has 0 radical (unpaired) electrons. The van der Waals surface area contributed by atoms with Crippen molar-refractivity contribution in [2.45, 2.75) is 16.1 Å². The molecule has 0 saturated carbocycles. The first kappa shape index (κ1) is 17.4. The molecule has 0 amide bonds. The van der Waals surface area contributed by atoms with Crippen molar-refractivity contribution in [3.8, 4) is 28.6 Å². The van der Waals surface area contributed by atoms with Gasteiger partial charge in [-0.25, -0.2) is 0 Å². The number of rotatable bonds is 7. The van der Waals surface area contributed by atoms with Gasteiger partial charge in [-0.2, -0.15) is 0 Å². The van der Waals surface area contributed by atoms with E-state index >= 15 is 0 Å². The lowest BCUT2D eigenvalue weighted by Crippen LogP contribution is -1.96. The minimum absolute atomic E-state index is 0.228. The first-order valence-electron chi connectivity index (χ1n) is 7.01. The van der Waals surface area contributed by atoms with Gasteiger partial charge in [-0.1, -0.05) is 24.4 Å². The van der Waals surface area contributed by atoms with Gasteiger partial charge in [-0.15, -0.1) is 20.4 Å². The first-order chi connectivity index (χ1) is 12.1. The van der Waals surface area contributed by atoms with Crippen LogP contribution >= 0.6 is 24.4 Å². The van der Waals surface area contributed by atoms with Gasteiger partial charge >= 0.3 is 0 Å². The number of methoxy groups -OCH3 is 3. The Bertz CT molecular complexity index is 842. The van der Waals surface area contributed by atoms with Crippen molar-refractivity contribution >= 4 is 24.4 Å². The molecule has 0 bridgehead atoms. The van der Waals surface area contributed by atoms with Crippen molar-refractivity contribution in [1.82, 2.24) is 25.4 Å². The van der Waals surface area contributed by atoms with Crippen molar-refractivity contribution in [1.29, 1.82) is 0 Å². The fraction of sp³-hybridized carbons (Fsp3) is 0.286. The number of hydrogen-bond donors (Lipinski definition) is 2. The van der Waals surface area contributed by atoms with Gasteiger partial charge in [0, 0.05) is 5.56 Å². The zero-order valence-electron chi connectivity index (χ0n) is 13.6. The van der Waals surface area contributed by atoms with E-state index in [-0.39, 0.29) is 5.22 Å². The maximum atomic E-state index is 5.35. The van der Waals surface area contributed by atoms with Crippen LogP contribution in [-0.4, -0.2) is 46.7 Å². The number of aromatic amines is 1. The van der Waals surface area contributed by atoms with Crippen LogP contribution < -0.4 is 14.2 Å². The Morgan fingerprint density at radius 1 is 1.04 bits per heavy atom. The zero-order valence-corrected chi connectivity index (χ0v) is 15.4. The quantitative estimate of drug-likeness (QED) is 0.471. The number of thiol groups is 1. The molecular formula is C14H15N5O4S2. The molecule has 2 aromatic heterocycles. The Kier molecular flexibility index (Phi) is 5.34. The Hall–Kier alpha value is -2.40. The molecule has 9 nitrogen and oxygen atoms in total. The highest BCUT2D eigenvalue weighted by atomic mass is 32.2. The third kappa shape index (κ3) is 3.82. The number of ether oxygens (including phenoxy) is 3. The van der Waals surface area contributed by atoms with Crippen LogP contribution in [0.4, 0.5) is 0 Å². The van der Waals surface area contributed by atoms with Gasteiger partial charge < -0.3 is 23.6 Å². The van der Waals surface area contributed by atoms with Gasteiger partial charge in [0.2, 0.25) is 11.6 Å². The molecule has 0 aliphatic carbocycles. The normalized spacial score (nSPS) is 10.7. The molecule has 3 rings (SSSR count). The summed E-state index contributed by atoms with van der Waals surface area (Å²) in [5.74, 6) is 3.08. The largest absolute Gasteiger partial charge is 0.493 e. The van der Waals surface area contributed by atoms with Crippen LogP contribution in [0.25, 0.3) is 11.4 Å². The summed E-state index contributed by atoms with van der Waals surface area (Å²) in [5, 5.41) is 16.6. The molecule has 25 heavy (non-hydrogen) atoms. The van der Waals surface area contributed by atoms with E-state index in [1.807, 2.05) is 0 Å². The maximum absolute atomic E-state index is 5.35. The van der Waals surface area contributed by atoms with Gasteiger partial charge in [-0.3, -0.25) is 0 Å². The van der Waals surface area contributed by atoms with E-state index in [1.54, 1.807) is 33.5 Å². The minimum Gasteiger partial charge on any atom is -0.493 e. The second kappa shape index (κ2) is 7.66. The fourth-order valence-corrected chi connectivity index (χ4v) is 2.89. The number of benzene rings is 1. The van der Waals surface area contributed by atoms with E-state index in [9.17, 15) is 0 Å². The number of nitrogens with zero attached hydrogens (tertiary/aromatic N) is 4. The number of H-pyrrole nitrogens is 1. The zero-order chi connectivity index (χ0) is 17.8. The van der Waals surface area contributed by atoms with Crippen molar-refractivity contribution in [2.24, 2.45) is 0 Å². The van der Waals surface area contributed by atoms with E-state index < -0.39 is 0 Å². The SMILES string of the molecule is COc1cc(-c2nnc(SCc3nnc(S)o3)[nH]2)cc(OC)c1OC. The third-order valence-electron chi connectivity index (χ3n) is 3.19. The van der Waals surface area contributed by atoms with Gasteiger partial charge in [0.1, 0.15) is 0 Å². The summed E-state index contributed by atoms with van der Waals surface area (Å²) >= 11 is 5.36. The number of nitrogens with one attached hydrogen (secondary N) is 1. The van der Waals surface area contributed by atoms with Crippen molar-refractivity contribution in [3.63, 3.8) is 0 Å². The Morgan fingerprint density at radius 2 is 1.76 bits per heavy atom. The Labute approximate surface area is 152 Å². The Balaban J connectivity index is 1.81. The molecular weight excluding hydrogens is 366 g/mol. The molecule has 0 spiro atoms. The molecule has 11 heteroatoms. The van der Waals surface area contributed by atoms with E-state index in [1.165, 1.54) is 11.8 Å². The van der Waals surface area contributed by atoms with Crippen LogP contribution in [0.2, 0.25) is 0 Å². The lowest BCUT2D eigenvalue weighted by molar-refractivity contribution is 0.324. The molecule has 0 saturated heterocycles. The lowest BCUT2D eigenvalue weighted by atomic mass is 10.1. The molecule has 1 N–H and O–H groups in total. The van der Waals surface area contributed by atoms with Crippen LogP contribution in [-0.2, 0) is 5.75 Å². The van der Waals surface area contributed by atoms with Gasteiger partial charge in [0.15, 0.2) is 22.5 Å². The monoisotopic (exact) mass is 381 g/mol. The first-order valence-corrected chi connectivity index (χ1v) is 8.45. The van der Waals surface area contributed by atoms with Crippen LogP contribution in [0.3, 0.4) is 0 Å². The van der Waals surface area contributed by atoms with Gasteiger partial charge in [-0.05, 0) is 12.1 Å². The van der Waals surface area contributed by atoms with E-state index in [0.717, 1.165) is 5.56 Å². The van der Waals surface area contributed by atoms with E-state index in [0.29, 0.717) is 39.9 Å². The topological polar surface area (TPSA) is 108 Å². The summed E-state index contributed by atoms with van der Waals surface area (Å²) in [6.45, 7) is 0. The highest BCUT2D eigenvalue weighted by Gasteiger charge is 2.16. The second-order valence-electron chi connectivity index (χ2n) is 4.66. The summed E-state index contributed by atoms with van der Waals surface area (Å²) in [6.07, 6.45) is 0. The van der Waals surface area contributed by atoms with Crippen molar-refractivity contribution in [2.75, 3.05) is 21.3 Å². The predicted molar refractivity (Wildman–Crippen MR) is 92.6 cm³/mol. The summed E-state index contributed by atoms with van der Waals surface area (Å²) in [4.78, 5) is 3.13. The molecule has 0 aliphatic heterocycles. The van der Waals surface area contributed by atoms with E-state index in [2.05, 4.69) is 38.0 Å². The molecule has 2 heterocycles. The summed E-state index contributed by atoms with van der Waals surface area (Å²) in [7, 11) is 4.67. The predicted octanol–water partition coefficient (Wildman–Crippen LogP) is 2.46. The van der Waals surface area contributed by atoms with Crippen LogP contribution in [0.1, 0.15) is 5.89 Å². The molecule has 0 aliphatic rings. The maximum Gasteiger partial charge on any atom is 0.273 e. The fourth-order valence-electron chi connectivity index (χ4n) is 2.09. The Morgan fingerprint density at radius 3 is 2.32 bits per heavy atom. The standard InChI is InChI=1S/C14H15N5O4S2/c1-20-8-4-7(5-9(21-2)11(8)22-3)12-15-13(18-17-12)25-6-10-16-19-14(24)23-10/h4-5H,6H2,1-3H3,(H,19,24)(H,15,17,18). The average Bonchev–Trinajstić information content (AvgIpc) is 3.27. The molecule has 3 aromatic rings. The highest BCUT2D eigenvalue weighted by Crippen LogP contribution is 2.40. The van der Waals surface area contributed by atoms with Crippen molar-refractivity contribution < 1.29 is 18.6 Å². The summed E-state index contributed by atoms with van der Waals surface area (Å²) in [5.41, 5.74) is 0.754. The van der Waals surface area contributed by atoms with Gasteiger partial charge in [0.05, 0.1) is 27.1 Å².